The van der Waals surface area contributed by atoms with Crippen LogP contribution in [-0.4, -0.2) is 45.9 Å². The van der Waals surface area contributed by atoms with Gasteiger partial charge in [-0.25, -0.2) is 4.79 Å². The minimum atomic E-state index is -0.925. The van der Waals surface area contributed by atoms with Gasteiger partial charge in [0.2, 0.25) is 0 Å². The molecule has 1 aliphatic carbocycles. The molecule has 2 rings (SSSR count). The lowest BCUT2D eigenvalue weighted by Crippen LogP contribution is -2.36. The highest BCUT2D eigenvalue weighted by Gasteiger charge is 2.23. The van der Waals surface area contributed by atoms with Crippen LogP contribution in [0.1, 0.15) is 49.4 Å². The molecule has 7 heteroatoms. The first-order chi connectivity index (χ1) is 13.5. The summed E-state index contributed by atoms with van der Waals surface area (Å²) in [6.45, 7) is 2.08. The fraction of sp³-hybridized carbons (Fsp3) is 0.524. The molecule has 0 spiro atoms. The van der Waals surface area contributed by atoms with Crippen LogP contribution in [0.5, 0.6) is 17.2 Å². The van der Waals surface area contributed by atoms with Gasteiger partial charge >= 0.3 is 5.97 Å². The number of benzene rings is 1. The van der Waals surface area contributed by atoms with E-state index in [1.165, 1.54) is 51.9 Å². The highest BCUT2D eigenvalue weighted by atomic mass is 16.6. The second-order valence-electron chi connectivity index (χ2n) is 6.60. The van der Waals surface area contributed by atoms with Crippen molar-refractivity contribution in [1.82, 2.24) is 5.32 Å². The van der Waals surface area contributed by atoms with Crippen LogP contribution in [0.3, 0.4) is 0 Å². The Kier molecular flexibility index (Phi) is 8.17. The summed E-state index contributed by atoms with van der Waals surface area (Å²) in [5.41, 5.74) is 1.54. The van der Waals surface area contributed by atoms with Crippen LogP contribution in [-0.2, 0) is 9.53 Å². The number of methoxy groups -OCH3 is 3. The van der Waals surface area contributed by atoms with Gasteiger partial charge in [0.15, 0.2) is 17.6 Å². The number of allylic oxidation sites excluding steroid dienone is 1. The fourth-order valence-corrected chi connectivity index (χ4v) is 3.09. The number of hydrogen-bond donors (Lipinski definition) is 1. The van der Waals surface area contributed by atoms with Gasteiger partial charge < -0.3 is 24.3 Å². The predicted molar refractivity (Wildman–Crippen MR) is 105 cm³/mol. The molecule has 1 N–H and O–H groups in total. The molecule has 0 fully saturated rings. The van der Waals surface area contributed by atoms with Crippen LogP contribution in [0.25, 0.3) is 0 Å². The summed E-state index contributed by atoms with van der Waals surface area (Å²) in [5, 5.41) is 2.82. The van der Waals surface area contributed by atoms with E-state index in [9.17, 15) is 9.59 Å². The molecule has 0 aliphatic heterocycles. The van der Waals surface area contributed by atoms with E-state index in [0.29, 0.717) is 18.0 Å². The van der Waals surface area contributed by atoms with Gasteiger partial charge in [-0.15, -0.1) is 0 Å². The Morgan fingerprint density at radius 3 is 2.32 bits per heavy atom. The molecule has 0 heterocycles. The fourth-order valence-electron chi connectivity index (χ4n) is 3.09. The summed E-state index contributed by atoms with van der Waals surface area (Å²) < 4.78 is 21.0. The van der Waals surface area contributed by atoms with Crippen LogP contribution in [0.2, 0.25) is 0 Å². The van der Waals surface area contributed by atoms with Gasteiger partial charge in [-0.05, 0) is 39.0 Å². The van der Waals surface area contributed by atoms with E-state index < -0.39 is 12.1 Å². The van der Waals surface area contributed by atoms with Crippen molar-refractivity contribution in [3.05, 3.63) is 29.3 Å². The second kappa shape index (κ2) is 10.6. The smallest absolute Gasteiger partial charge is 0.342 e. The molecule has 1 atom stereocenters. The van der Waals surface area contributed by atoms with Crippen molar-refractivity contribution >= 4 is 11.9 Å². The average molecular weight is 391 g/mol. The Morgan fingerprint density at radius 1 is 1.04 bits per heavy atom. The average Bonchev–Trinajstić information content (AvgIpc) is 2.73. The third-order valence-corrected chi connectivity index (χ3v) is 4.71. The molecular formula is C21H29NO6. The molecule has 0 radical (unpaired) electrons. The molecule has 0 aromatic heterocycles. The van der Waals surface area contributed by atoms with Gasteiger partial charge in [-0.3, -0.25) is 4.79 Å². The van der Waals surface area contributed by atoms with Crippen LogP contribution in [0.15, 0.2) is 23.8 Å². The largest absolute Gasteiger partial charge is 0.496 e. The number of ether oxygens (including phenoxy) is 4. The van der Waals surface area contributed by atoms with Gasteiger partial charge in [0.25, 0.3) is 5.91 Å². The summed E-state index contributed by atoms with van der Waals surface area (Å²) >= 11 is 0. The number of carbonyl (C=O) groups excluding carboxylic acids is 2. The van der Waals surface area contributed by atoms with E-state index in [0.717, 1.165) is 19.3 Å². The Balaban J connectivity index is 1.95. The summed E-state index contributed by atoms with van der Waals surface area (Å²) in [4.78, 5) is 24.8. The summed E-state index contributed by atoms with van der Waals surface area (Å²) in [6, 6.07) is 3.01. The molecule has 28 heavy (non-hydrogen) atoms. The topological polar surface area (TPSA) is 83.1 Å². The van der Waals surface area contributed by atoms with E-state index >= 15 is 0 Å². The van der Waals surface area contributed by atoms with E-state index in [-0.39, 0.29) is 17.2 Å². The molecule has 1 amide bonds. The Bertz CT molecular complexity index is 728. The summed E-state index contributed by atoms with van der Waals surface area (Å²) in [6.07, 6.45) is 6.82. The molecule has 0 bridgehead atoms. The summed E-state index contributed by atoms with van der Waals surface area (Å²) in [5.74, 6) is 0.0750. The number of amides is 1. The maximum absolute atomic E-state index is 12.5. The number of nitrogens with one attached hydrogen (secondary N) is 1. The lowest BCUT2D eigenvalue weighted by Gasteiger charge is -2.17. The van der Waals surface area contributed by atoms with Crippen LogP contribution in [0, 0.1) is 0 Å². The lowest BCUT2D eigenvalue weighted by molar-refractivity contribution is -0.129. The number of esters is 1. The maximum atomic E-state index is 12.5. The van der Waals surface area contributed by atoms with Crippen LogP contribution < -0.4 is 19.5 Å². The van der Waals surface area contributed by atoms with E-state index in [1.807, 2.05) is 0 Å². The van der Waals surface area contributed by atoms with E-state index in [2.05, 4.69) is 11.4 Å². The van der Waals surface area contributed by atoms with Crippen molar-refractivity contribution in [3.63, 3.8) is 0 Å². The van der Waals surface area contributed by atoms with Crippen LogP contribution >= 0.6 is 0 Å². The highest BCUT2D eigenvalue weighted by Crippen LogP contribution is 2.35. The predicted octanol–water partition coefficient (Wildman–Crippen LogP) is 3.26. The van der Waals surface area contributed by atoms with Gasteiger partial charge in [0, 0.05) is 18.7 Å². The molecular weight excluding hydrogens is 362 g/mol. The van der Waals surface area contributed by atoms with Gasteiger partial charge in [0.1, 0.15) is 11.3 Å². The SMILES string of the molecule is COc1cc(OC)c(C(=O)O[C@@H](C)C(=O)NCCC2=CCCCC2)cc1OC. The van der Waals surface area contributed by atoms with Gasteiger partial charge in [-0.1, -0.05) is 11.6 Å². The first-order valence-corrected chi connectivity index (χ1v) is 9.46. The van der Waals surface area contributed by atoms with E-state index in [4.69, 9.17) is 18.9 Å². The minimum absolute atomic E-state index is 0.159. The molecule has 1 aromatic carbocycles. The van der Waals surface area contributed by atoms with Crippen molar-refractivity contribution < 1.29 is 28.5 Å². The van der Waals surface area contributed by atoms with Gasteiger partial charge in [0.05, 0.1) is 21.3 Å². The van der Waals surface area contributed by atoms with Crippen LogP contribution in [0.4, 0.5) is 0 Å². The zero-order valence-electron chi connectivity index (χ0n) is 17.0. The number of rotatable bonds is 9. The third kappa shape index (κ3) is 5.65. The zero-order valence-corrected chi connectivity index (χ0v) is 17.0. The van der Waals surface area contributed by atoms with Crippen molar-refractivity contribution in [2.24, 2.45) is 0 Å². The van der Waals surface area contributed by atoms with Crippen molar-refractivity contribution in [2.45, 2.75) is 45.1 Å². The number of hydrogen-bond acceptors (Lipinski definition) is 6. The Labute approximate surface area is 166 Å². The molecule has 0 saturated heterocycles. The molecule has 0 saturated carbocycles. The van der Waals surface area contributed by atoms with Crippen molar-refractivity contribution in [1.29, 1.82) is 0 Å². The lowest BCUT2D eigenvalue weighted by atomic mass is 9.97. The molecule has 7 nitrogen and oxygen atoms in total. The monoisotopic (exact) mass is 391 g/mol. The Hall–Kier alpha value is -2.70. The molecule has 0 unspecified atom stereocenters. The van der Waals surface area contributed by atoms with Crippen molar-refractivity contribution in [3.8, 4) is 17.2 Å². The quantitative estimate of drug-likeness (QED) is 0.514. The maximum Gasteiger partial charge on any atom is 0.342 e. The normalized spacial score (nSPS) is 14.5. The third-order valence-electron chi connectivity index (χ3n) is 4.71. The molecule has 154 valence electrons. The van der Waals surface area contributed by atoms with Gasteiger partial charge in [-0.2, -0.15) is 0 Å². The first-order valence-electron chi connectivity index (χ1n) is 9.46. The second-order valence-corrected chi connectivity index (χ2v) is 6.60. The minimum Gasteiger partial charge on any atom is -0.496 e. The highest BCUT2D eigenvalue weighted by molar-refractivity contribution is 5.95. The zero-order chi connectivity index (χ0) is 20.5. The first kappa shape index (κ1) is 21.6. The Morgan fingerprint density at radius 2 is 1.71 bits per heavy atom. The standard InChI is InChI=1S/C21H29NO6/c1-14(20(23)22-11-10-15-8-6-5-7-9-15)28-21(24)16-12-18(26-3)19(27-4)13-17(16)25-2/h8,12-14H,5-7,9-11H2,1-4H3,(H,22,23)/t14-/m0/s1. The van der Waals surface area contributed by atoms with E-state index in [1.54, 1.807) is 6.92 Å². The van der Waals surface area contributed by atoms with Crippen molar-refractivity contribution in [2.75, 3.05) is 27.9 Å². The molecule has 1 aromatic rings. The summed E-state index contributed by atoms with van der Waals surface area (Å²) in [7, 11) is 4.40. The number of carbonyl (C=O) groups is 2. The molecule has 1 aliphatic rings.